The van der Waals surface area contributed by atoms with Crippen LogP contribution >= 0.6 is 0 Å². The van der Waals surface area contributed by atoms with Gasteiger partial charge in [-0.1, -0.05) is 18.2 Å². The minimum absolute atomic E-state index is 0.115. The lowest BCUT2D eigenvalue weighted by molar-refractivity contribution is 0.461. The molecule has 0 radical (unpaired) electrons. The van der Waals surface area contributed by atoms with Gasteiger partial charge < -0.3 is 4.74 Å². The van der Waals surface area contributed by atoms with Gasteiger partial charge in [0.1, 0.15) is 29.1 Å². The van der Waals surface area contributed by atoms with E-state index in [1.54, 1.807) is 55.0 Å². The summed E-state index contributed by atoms with van der Waals surface area (Å²) in [6.07, 6.45) is 4.69. The van der Waals surface area contributed by atoms with Gasteiger partial charge in [0.2, 0.25) is 5.88 Å². The van der Waals surface area contributed by atoms with Crippen molar-refractivity contribution in [2.75, 3.05) is 4.72 Å². The molecule has 5 rings (SSSR count). The standard InChI is InChI=1S/C24H20N6O3S/c1-16-17(2)30(15-28-16)22-13-23(27-14-26-22)33-20-10-8-19(9-11-20)29-34(31,32)21-7-3-5-18-6-4-12-25-24(18)21/h3-15,29H,1-2H3. The van der Waals surface area contributed by atoms with Gasteiger partial charge in [0.05, 0.1) is 11.2 Å². The van der Waals surface area contributed by atoms with E-state index in [1.807, 2.05) is 30.5 Å². The fraction of sp³-hybridized carbons (Fsp3) is 0.0833. The first kappa shape index (κ1) is 21.5. The Morgan fingerprint density at radius 3 is 2.47 bits per heavy atom. The minimum Gasteiger partial charge on any atom is -0.439 e. The van der Waals surface area contributed by atoms with E-state index in [-0.39, 0.29) is 4.90 Å². The summed E-state index contributed by atoms with van der Waals surface area (Å²) in [7, 11) is -3.83. The molecule has 3 aromatic heterocycles. The fourth-order valence-electron chi connectivity index (χ4n) is 3.46. The lowest BCUT2D eigenvalue weighted by atomic mass is 10.2. The molecule has 0 aliphatic carbocycles. The van der Waals surface area contributed by atoms with Crippen molar-refractivity contribution in [1.29, 1.82) is 0 Å². The van der Waals surface area contributed by atoms with Crippen LogP contribution in [0.15, 0.2) is 84.4 Å². The number of pyridine rings is 1. The van der Waals surface area contributed by atoms with Crippen molar-refractivity contribution >= 4 is 26.6 Å². The molecule has 5 aromatic rings. The Labute approximate surface area is 196 Å². The molecule has 0 amide bonds. The van der Waals surface area contributed by atoms with Gasteiger partial charge in [-0.15, -0.1) is 0 Å². The number of para-hydroxylation sites is 1. The quantitative estimate of drug-likeness (QED) is 0.389. The number of nitrogens with one attached hydrogen (secondary N) is 1. The average Bonchev–Trinajstić information content (AvgIpc) is 3.18. The van der Waals surface area contributed by atoms with E-state index in [2.05, 4.69) is 24.7 Å². The van der Waals surface area contributed by atoms with Gasteiger partial charge in [0, 0.05) is 29.0 Å². The molecule has 0 unspecified atom stereocenters. The highest BCUT2D eigenvalue weighted by molar-refractivity contribution is 7.93. The van der Waals surface area contributed by atoms with Gasteiger partial charge in [-0.25, -0.2) is 23.4 Å². The van der Waals surface area contributed by atoms with Crippen molar-refractivity contribution in [3.05, 3.63) is 90.9 Å². The predicted octanol–water partition coefficient (Wildman–Crippen LogP) is 4.42. The molecular formula is C24H20N6O3S. The van der Waals surface area contributed by atoms with E-state index < -0.39 is 10.0 Å². The van der Waals surface area contributed by atoms with Gasteiger partial charge >= 0.3 is 0 Å². The molecular weight excluding hydrogens is 452 g/mol. The zero-order valence-corrected chi connectivity index (χ0v) is 19.2. The third kappa shape index (κ3) is 4.18. The Bertz CT molecular complexity index is 1590. The lowest BCUT2D eigenvalue weighted by Crippen LogP contribution is -2.13. The number of sulfonamides is 1. The van der Waals surface area contributed by atoms with Crippen LogP contribution in [-0.2, 0) is 10.0 Å². The number of ether oxygens (including phenoxy) is 1. The number of aromatic nitrogens is 5. The van der Waals surface area contributed by atoms with Crippen LogP contribution in [0.4, 0.5) is 5.69 Å². The molecule has 2 aromatic carbocycles. The second kappa shape index (κ2) is 8.56. The van der Waals surface area contributed by atoms with Crippen molar-refractivity contribution in [3.8, 4) is 17.4 Å². The normalized spacial score (nSPS) is 11.5. The zero-order chi connectivity index (χ0) is 23.7. The van der Waals surface area contributed by atoms with Crippen LogP contribution < -0.4 is 9.46 Å². The van der Waals surface area contributed by atoms with Crippen molar-refractivity contribution in [3.63, 3.8) is 0 Å². The number of fused-ring (bicyclic) bond motifs is 1. The maximum atomic E-state index is 13.0. The molecule has 170 valence electrons. The summed E-state index contributed by atoms with van der Waals surface area (Å²) >= 11 is 0. The SMILES string of the molecule is Cc1ncn(-c2cc(Oc3ccc(NS(=O)(=O)c4cccc5cccnc45)cc3)ncn2)c1C. The summed E-state index contributed by atoms with van der Waals surface area (Å²) in [6.45, 7) is 3.88. The molecule has 10 heteroatoms. The fourth-order valence-corrected chi connectivity index (χ4v) is 4.70. The van der Waals surface area contributed by atoms with E-state index in [9.17, 15) is 8.42 Å². The predicted molar refractivity (Wildman–Crippen MR) is 128 cm³/mol. The van der Waals surface area contributed by atoms with Crippen molar-refractivity contribution in [1.82, 2.24) is 24.5 Å². The number of nitrogens with zero attached hydrogens (tertiary/aromatic N) is 5. The number of benzene rings is 2. The lowest BCUT2D eigenvalue weighted by Gasteiger charge is -2.11. The van der Waals surface area contributed by atoms with Crippen LogP contribution in [0.3, 0.4) is 0 Å². The molecule has 9 nitrogen and oxygen atoms in total. The number of hydrogen-bond donors (Lipinski definition) is 1. The second-order valence-electron chi connectivity index (χ2n) is 7.56. The number of anilines is 1. The Hall–Kier alpha value is -4.31. The minimum atomic E-state index is -3.83. The van der Waals surface area contributed by atoms with Crippen LogP contribution in [0.1, 0.15) is 11.4 Å². The third-order valence-corrected chi connectivity index (χ3v) is 6.75. The largest absolute Gasteiger partial charge is 0.439 e. The Morgan fingerprint density at radius 1 is 0.912 bits per heavy atom. The molecule has 0 atom stereocenters. The van der Waals surface area contributed by atoms with Crippen molar-refractivity contribution in [2.45, 2.75) is 18.7 Å². The summed E-state index contributed by atoms with van der Waals surface area (Å²) in [5.41, 5.74) is 2.70. The van der Waals surface area contributed by atoms with E-state index in [4.69, 9.17) is 4.74 Å². The topological polar surface area (TPSA) is 112 Å². The number of rotatable bonds is 6. The molecule has 0 saturated carbocycles. The molecule has 0 saturated heterocycles. The van der Waals surface area contributed by atoms with Crippen molar-refractivity contribution in [2.24, 2.45) is 0 Å². The number of imidazole rings is 1. The molecule has 34 heavy (non-hydrogen) atoms. The maximum Gasteiger partial charge on any atom is 0.264 e. The van der Waals surface area contributed by atoms with Crippen LogP contribution in [0.25, 0.3) is 16.7 Å². The molecule has 0 aliphatic rings. The summed E-state index contributed by atoms with van der Waals surface area (Å²) in [5.74, 6) is 1.49. The highest BCUT2D eigenvalue weighted by atomic mass is 32.2. The van der Waals surface area contributed by atoms with Crippen LogP contribution in [0.5, 0.6) is 11.6 Å². The van der Waals surface area contributed by atoms with Gasteiger partial charge in [-0.3, -0.25) is 14.3 Å². The Balaban J connectivity index is 1.34. The first-order valence-electron chi connectivity index (χ1n) is 10.4. The van der Waals surface area contributed by atoms with Crippen LogP contribution in [-0.4, -0.2) is 32.9 Å². The van der Waals surface area contributed by atoms with Gasteiger partial charge in [-0.2, -0.15) is 0 Å². The molecule has 0 bridgehead atoms. The Kier molecular flexibility index (Phi) is 5.42. The molecule has 0 spiro atoms. The first-order valence-corrected chi connectivity index (χ1v) is 11.9. The maximum absolute atomic E-state index is 13.0. The molecule has 0 aliphatic heterocycles. The van der Waals surface area contributed by atoms with Gasteiger partial charge in [0.25, 0.3) is 10.0 Å². The van der Waals surface area contributed by atoms with E-state index in [0.717, 1.165) is 16.8 Å². The molecule has 1 N–H and O–H groups in total. The Morgan fingerprint density at radius 2 is 1.71 bits per heavy atom. The van der Waals surface area contributed by atoms with Gasteiger partial charge in [0.15, 0.2) is 0 Å². The van der Waals surface area contributed by atoms with E-state index in [0.29, 0.717) is 28.7 Å². The van der Waals surface area contributed by atoms with Crippen LogP contribution in [0.2, 0.25) is 0 Å². The zero-order valence-electron chi connectivity index (χ0n) is 18.4. The monoisotopic (exact) mass is 472 g/mol. The van der Waals surface area contributed by atoms with E-state index >= 15 is 0 Å². The van der Waals surface area contributed by atoms with Gasteiger partial charge in [-0.05, 0) is 50.2 Å². The number of hydrogen-bond acceptors (Lipinski definition) is 7. The smallest absolute Gasteiger partial charge is 0.264 e. The highest BCUT2D eigenvalue weighted by Crippen LogP contribution is 2.26. The van der Waals surface area contributed by atoms with Crippen molar-refractivity contribution < 1.29 is 13.2 Å². The van der Waals surface area contributed by atoms with Crippen LogP contribution in [0, 0.1) is 13.8 Å². The highest BCUT2D eigenvalue weighted by Gasteiger charge is 2.18. The average molecular weight is 473 g/mol. The summed E-state index contributed by atoms with van der Waals surface area (Å²) in [4.78, 5) is 17.1. The second-order valence-corrected chi connectivity index (χ2v) is 9.21. The first-order chi connectivity index (χ1) is 16.4. The summed E-state index contributed by atoms with van der Waals surface area (Å²) in [6, 6.07) is 16.9. The summed E-state index contributed by atoms with van der Waals surface area (Å²) < 4.78 is 36.3. The third-order valence-electron chi connectivity index (χ3n) is 5.34. The molecule has 3 heterocycles. The van der Waals surface area contributed by atoms with E-state index in [1.165, 1.54) is 12.4 Å². The molecule has 0 fully saturated rings. The summed E-state index contributed by atoms with van der Waals surface area (Å²) in [5, 5.41) is 0.749. The number of aryl methyl sites for hydroxylation is 1.